The normalized spacial score (nSPS) is 47.3. The molecule has 5 atom stereocenters. The molecule has 0 N–H and O–H groups in total. The number of hydrogen-bond donors (Lipinski definition) is 0. The fourth-order valence-corrected chi connectivity index (χ4v) is 7.00. The van der Waals surface area contributed by atoms with Crippen LogP contribution < -0.4 is 0 Å². The van der Waals surface area contributed by atoms with E-state index >= 15 is 0 Å². The fourth-order valence-electron chi connectivity index (χ4n) is 6.08. The Hall–Kier alpha value is -0.380. The lowest BCUT2D eigenvalue weighted by atomic mass is 9.47. The Kier molecular flexibility index (Phi) is 3.32. The Morgan fingerprint density at radius 1 is 1.23 bits per heavy atom. The van der Waals surface area contributed by atoms with E-state index in [1.54, 1.807) is 3.58 Å². The molecule has 0 unspecified atom stereocenters. The van der Waals surface area contributed by atoms with Gasteiger partial charge in [0.15, 0.2) is 5.78 Å². The molecule has 0 spiro atoms. The van der Waals surface area contributed by atoms with Crippen LogP contribution in [0.2, 0.25) is 0 Å². The van der Waals surface area contributed by atoms with Crippen LogP contribution >= 0.6 is 22.6 Å². The van der Waals surface area contributed by atoms with Crippen LogP contribution in [-0.2, 0) is 4.79 Å². The minimum atomic E-state index is 0.198. The first kappa shape index (κ1) is 15.2. The highest BCUT2D eigenvalue weighted by Crippen LogP contribution is 2.66. The van der Waals surface area contributed by atoms with E-state index in [0.717, 1.165) is 37.0 Å². The quantitative estimate of drug-likeness (QED) is 0.476. The van der Waals surface area contributed by atoms with Crippen molar-refractivity contribution in [2.75, 3.05) is 0 Å². The Balaban J connectivity index is 1.75. The van der Waals surface area contributed by atoms with Crippen molar-refractivity contribution in [2.24, 2.45) is 28.6 Å². The third-order valence-electron chi connectivity index (χ3n) is 7.42. The van der Waals surface area contributed by atoms with Crippen molar-refractivity contribution in [3.63, 3.8) is 0 Å². The maximum Gasteiger partial charge on any atom is 0.156 e. The molecule has 4 rings (SSSR count). The summed E-state index contributed by atoms with van der Waals surface area (Å²) in [5.41, 5.74) is 3.16. The molecule has 2 heteroatoms. The summed E-state index contributed by atoms with van der Waals surface area (Å²) < 4.78 is 1.59. The summed E-state index contributed by atoms with van der Waals surface area (Å²) >= 11 is 2.58. The second-order valence-corrected chi connectivity index (χ2v) is 9.53. The zero-order valence-corrected chi connectivity index (χ0v) is 15.8. The van der Waals surface area contributed by atoms with Gasteiger partial charge in [-0.05, 0) is 93.1 Å². The highest BCUT2D eigenvalue weighted by atomic mass is 127. The van der Waals surface area contributed by atoms with Gasteiger partial charge in [-0.25, -0.2) is 0 Å². The fraction of sp³-hybridized carbons (Fsp3) is 0.650. The van der Waals surface area contributed by atoms with E-state index in [1.807, 2.05) is 6.08 Å². The number of fused-ring (bicyclic) bond motifs is 5. The summed E-state index contributed by atoms with van der Waals surface area (Å²) in [7, 11) is 0. The summed E-state index contributed by atoms with van der Waals surface area (Å²) in [5.74, 6) is 2.59. The summed E-state index contributed by atoms with van der Waals surface area (Å²) in [5, 5.41) is 0. The molecular weight excluding hydrogens is 383 g/mol. The molecule has 0 bridgehead atoms. The third-order valence-corrected chi connectivity index (χ3v) is 9.09. The van der Waals surface area contributed by atoms with Crippen molar-refractivity contribution in [3.05, 3.63) is 33.5 Å². The van der Waals surface area contributed by atoms with E-state index in [4.69, 9.17) is 0 Å². The molecule has 0 heterocycles. The zero-order chi connectivity index (χ0) is 15.7. The molecule has 118 valence electrons. The molecule has 0 radical (unpaired) electrons. The van der Waals surface area contributed by atoms with Crippen molar-refractivity contribution in [1.82, 2.24) is 0 Å². The number of halogens is 1. The van der Waals surface area contributed by atoms with Gasteiger partial charge in [0.05, 0.1) is 0 Å². The average molecular weight is 408 g/mol. The number of carbonyl (C=O) groups is 1. The molecular formula is C20H25IO. The van der Waals surface area contributed by atoms with Gasteiger partial charge in [-0.1, -0.05) is 32.1 Å². The molecule has 2 saturated carbocycles. The van der Waals surface area contributed by atoms with Gasteiger partial charge in [-0.3, -0.25) is 4.79 Å². The zero-order valence-electron chi connectivity index (χ0n) is 13.6. The summed E-state index contributed by atoms with van der Waals surface area (Å²) in [6, 6.07) is 0. The van der Waals surface area contributed by atoms with Crippen LogP contribution in [0, 0.1) is 28.6 Å². The Bertz CT molecular complexity index is 628. The van der Waals surface area contributed by atoms with Gasteiger partial charge in [-0.15, -0.1) is 0 Å². The molecule has 0 amide bonds. The van der Waals surface area contributed by atoms with Crippen molar-refractivity contribution in [2.45, 2.75) is 52.4 Å². The third kappa shape index (κ3) is 1.85. The molecule has 1 nitrogen and oxygen atoms in total. The van der Waals surface area contributed by atoms with Crippen LogP contribution in [0.1, 0.15) is 52.4 Å². The molecule has 0 aromatic rings. The summed E-state index contributed by atoms with van der Waals surface area (Å²) in [4.78, 5) is 11.9. The maximum atomic E-state index is 11.9. The van der Waals surface area contributed by atoms with Crippen LogP contribution in [0.15, 0.2) is 33.5 Å². The highest BCUT2D eigenvalue weighted by molar-refractivity contribution is 14.1. The molecule has 4 aliphatic carbocycles. The smallest absolute Gasteiger partial charge is 0.156 e. The van der Waals surface area contributed by atoms with Crippen LogP contribution in [0.25, 0.3) is 0 Å². The van der Waals surface area contributed by atoms with Gasteiger partial charge in [-0.2, -0.15) is 0 Å². The van der Waals surface area contributed by atoms with Gasteiger partial charge in [0.2, 0.25) is 0 Å². The molecule has 0 aliphatic heterocycles. The Labute approximate surface area is 147 Å². The maximum absolute atomic E-state index is 11.9. The monoisotopic (exact) mass is 408 g/mol. The Morgan fingerprint density at radius 2 is 2.00 bits per heavy atom. The topological polar surface area (TPSA) is 17.1 Å². The van der Waals surface area contributed by atoms with Gasteiger partial charge < -0.3 is 0 Å². The van der Waals surface area contributed by atoms with Crippen LogP contribution in [0.3, 0.4) is 0 Å². The number of ketones is 1. The largest absolute Gasteiger partial charge is 0.295 e. The van der Waals surface area contributed by atoms with Crippen molar-refractivity contribution in [1.29, 1.82) is 0 Å². The summed E-state index contributed by atoms with van der Waals surface area (Å²) in [6.45, 7) is 9.29. The summed E-state index contributed by atoms with van der Waals surface area (Å²) in [6.07, 6.45) is 11.2. The molecule has 4 aliphatic rings. The van der Waals surface area contributed by atoms with Crippen molar-refractivity contribution in [3.8, 4) is 0 Å². The first-order chi connectivity index (χ1) is 10.4. The predicted octanol–water partition coefficient (Wildman–Crippen LogP) is 5.61. The number of carbonyl (C=O) groups excluding carboxylic acids is 1. The van der Waals surface area contributed by atoms with E-state index in [0.29, 0.717) is 11.2 Å². The number of rotatable bonds is 0. The van der Waals surface area contributed by atoms with Gasteiger partial charge >= 0.3 is 0 Å². The lowest BCUT2D eigenvalue weighted by Crippen LogP contribution is -2.50. The SMILES string of the molecule is C=C1C[C@@H]2[C@H](CC[C@]3(C)C(I)=CC[C@@H]23)[C@@]2(C)CCC(=O)C=C12. The average Bonchev–Trinajstić information content (AvgIpc) is 2.77. The molecule has 0 saturated heterocycles. The molecule has 0 aromatic heterocycles. The van der Waals surface area contributed by atoms with Gasteiger partial charge in [0.1, 0.15) is 0 Å². The minimum absolute atomic E-state index is 0.198. The number of allylic oxidation sites excluding steroid dienone is 5. The lowest BCUT2D eigenvalue weighted by Gasteiger charge is -2.58. The minimum Gasteiger partial charge on any atom is -0.295 e. The molecule has 0 aromatic carbocycles. The van der Waals surface area contributed by atoms with Gasteiger partial charge in [0.25, 0.3) is 0 Å². The van der Waals surface area contributed by atoms with Crippen molar-refractivity contribution >= 4 is 28.4 Å². The molecule has 2 fully saturated rings. The number of hydrogen-bond acceptors (Lipinski definition) is 1. The Morgan fingerprint density at radius 3 is 2.77 bits per heavy atom. The van der Waals surface area contributed by atoms with Gasteiger partial charge in [0, 0.05) is 11.8 Å². The second kappa shape index (κ2) is 4.81. The first-order valence-corrected chi connectivity index (χ1v) is 9.73. The van der Waals surface area contributed by atoms with E-state index in [1.165, 1.54) is 30.4 Å². The highest BCUT2D eigenvalue weighted by Gasteiger charge is 2.57. The van der Waals surface area contributed by atoms with E-state index in [2.05, 4.69) is 49.1 Å². The standard InChI is InChI=1S/C20H25IO/c1-12-10-14-15-4-5-18(21)20(15,3)9-7-16(14)19(2)8-6-13(22)11-17(12)19/h5,11,14-16H,1,4,6-10H2,2-3H3/t14-,15-,16-,19+,20-/m0/s1. The molecule has 22 heavy (non-hydrogen) atoms. The van der Waals surface area contributed by atoms with Crippen LogP contribution in [0.5, 0.6) is 0 Å². The first-order valence-electron chi connectivity index (χ1n) is 8.65. The second-order valence-electron chi connectivity index (χ2n) is 8.37. The van der Waals surface area contributed by atoms with E-state index < -0.39 is 0 Å². The van der Waals surface area contributed by atoms with Crippen LogP contribution in [0.4, 0.5) is 0 Å². The van der Waals surface area contributed by atoms with Crippen LogP contribution in [-0.4, -0.2) is 5.78 Å². The van der Waals surface area contributed by atoms with E-state index in [9.17, 15) is 4.79 Å². The van der Waals surface area contributed by atoms with E-state index in [-0.39, 0.29) is 5.41 Å². The lowest BCUT2D eigenvalue weighted by molar-refractivity contribution is -0.116. The van der Waals surface area contributed by atoms with Crippen molar-refractivity contribution < 1.29 is 4.79 Å². The predicted molar refractivity (Wildman–Crippen MR) is 98.7 cm³/mol.